The third kappa shape index (κ3) is 4.91. The summed E-state index contributed by atoms with van der Waals surface area (Å²) in [5.74, 6) is -0.225. The van der Waals surface area contributed by atoms with Gasteiger partial charge in [0.05, 0.1) is 12.7 Å². The van der Waals surface area contributed by atoms with Gasteiger partial charge in [-0.1, -0.05) is 57.2 Å². The molecular weight excluding hydrogens is 224 g/mol. The van der Waals surface area contributed by atoms with Gasteiger partial charge in [-0.3, -0.25) is 0 Å². The molecule has 0 saturated carbocycles. The van der Waals surface area contributed by atoms with Crippen LogP contribution in [0.2, 0.25) is 0 Å². The van der Waals surface area contributed by atoms with Crippen LogP contribution in [-0.4, -0.2) is 13.1 Å². The molecule has 0 N–H and O–H groups in total. The summed E-state index contributed by atoms with van der Waals surface area (Å²) in [6.45, 7) is 2.23. The highest BCUT2D eigenvalue weighted by Gasteiger charge is 2.09. The standard InChI is InChI=1S/C16H24O2/c1-3-4-5-6-7-8-11-14-12-9-10-13-15(14)16(17)18-2/h9-10,12-13H,3-8,11H2,1-2H3. The molecule has 0 aliphatic heterocycles. The Bertz CT molecular complexity index is 358. The summed E-state index contributed by atoms with van der Waals surface area (Å²) in [5.41, 5.74) is 1.83. The van der Waals surface area contributed by atoms with Gasteiger partial charge in [0.25, 0.3) is 0 Å². The van der Waals surface area contributed by atoms with Gasteiger partial charge in [-0.2, -0.15) is 0 Å². The molecule has 0 saturated heterocycles. The molecule has 1 aromatic carbocycles. The van der Waals surface area contributed by atoms with Gasteiger partial charge in [0.1, 0.15) is 0 Å². The molecule has 0 bridgehead atoms. The van der Waals surface area contributed by atoms with Crippen molar-refractivity contribution >= 4 is 5.97 Å². The molecule has 18 heavy (non-hydrogen) atoms. The van der Waals surface area contributed by atoms with Crippen LogP contribution in [0.25, 0.3) is 0 Å². The molecule has 0 amide bonds. The Balaban J connectivity index is 2.39. The van der Waals surface area contributed by atoms with E-state index in [0.717, 1.165) is 18.4 Å². The minimum Gasteiger partial charge on any atom is -0.465 e. The summed E-state index contributed by atoms with van der Waals surface area (Å²) in [7, 11) is 1.43. The lowest BCUT2D eigenvalue weighted by molar-refractivity contribution is 0.0599. The molecule has 1 rings (SSSR count). The SMILES string of the molecule is CCCCCCCCc1ccccc1C(=O)OC. The molecule has 0 aliphatic carbocycles. The van der Waals surface area contributed by atoms with Crippen LogP contribution < -0.4 is 0 Å². The maximum absolute atomic E-state index is 11.6. The van der Waals surface area contributed by atoms with E-state index < -0.39 is 0 Å². The van der Waals surface area contributed by atoms with E-state index >= 15 is 0 Å². The van der Waals surface area contributed by atoms with E-state index in [2.05, 4.69) is 6.92 Å². The lowest BCUT2D eigenvalue weighted by atomic mass is 10.0. The Labute approximate surface area is 110 Å². The number of methoxy groups -OCH3 is 1. The third-order valence-electron chi connectivity index (χ3n) is 3.22. The molecular formula is C16H24O2. The highest BCUT2D eigenvalue weighted by atomic mass is 16.5. The van der Waals surface area contributed by atoms with E-state index in [1.54, 1.807) is 0 Å². The highest BCUT2D eigenvalue weighted by molar-refractivity contribution is 5.90. The molecule has 100 valence electrons. The zero-order valence-electron chi connectivity index (χ0n) is 11.6. The van der Waals surface area contributed by atoms with E-state index in [1.807, 2.05) is 24.3 Å². The van der Waals surface area contributed by atoms with Gasteiger partial charge in [0, 0.05) is 0 Å². The van der Waals surface area contributed by atoms with Crippen LogP contribution in [0.15, 0.2) is 24.3 Å². The van der Waals surface area contributed by atoms with Crippen LogP contribution in [0, 0.1) is 0 Å². The van der Waals surface area contributed by atoms with Crippen molar-refractivity contribution < 1.29 is 9.53 Å². The summed E-state index contributed by atoms with van der Waals surface area (Å²) >= 11 is 0. The zero-order valence-corrected chi connectivity index (χ0v) is 11.6. The van der Waals surface area contributed by atoms with Crippen LogP contribution in [0.3, 0.4) is 0 Å². The van der Waals surface area contributed by atoms with Gasteiger partial charge >= 0.3 is 5.97 Å². The Morgan fingerprint density at radius 2 is 1.72 bits per heavy atom. The number of rotatable bonds is 8. The van der Waals surface area contributed by atoms with Gasteiger partial charge in [0.15, 0.2) is 0 Å². The number of carbonyl (C=O) groups is 1. The lowest BCUT2D eigenvalue weighted by Gasteiger charge is -2.07. The molecule has 1 aromatic rings. The van der Waals surface area contributed by atoms with Crippen molar-refractivity contribution in [1.29, 1.82) is 0 Å². The molecule has 0 aromatic heterocycles. The summed E-state index contributed by atoms with van der Waals surface area (Å²) in [5, 5.41) is 0. The molecule has 0 fully saturated rings. The fourth-order valence-corrected chi connectivity index (χ4v) is 2.14. The fraction of sp³-hybridized carbons (Fsp3) is 0.562. The molecule has 0 unspecified atom stereocenters. The molecule has 2 heteroatoms. The molecule has 2 nitrogen and oxygen atoms in total. The topological polar surface area (TPSA) is 26.3 Å². The second kappa shape index (κ2) is 8.73. The smallest absolute Gasteiger partial charge is 0.338 e. The maximum Gasteiger partial charge on any atom is 0.338 e. The van der Waals surface area contributed by atoms with E-state index in [1.165, 1.54) is 39.2 Å². The number of hydrogen-bond acceptors (Lipinski definition) is 2. The number of esters is 1. The number of hydrogen-bond donors (Lipinski definition) is 0. The number of unbranched alkanes of at least 4 members (excludes halogenated alkanes) is 5. The number of aryl methyl sites for hydroxylation is 1. The minimum atomic E-state index is -0.225. The second-order valence-corrected chi connectivity index (χ2v) is 4.67. The second-order valence-electron chi connectivity index (χ2n) is 4.67. The average molecular weight is 248 g/mol. The van der Waals surface area contributed by atoms with E-state index in [0.29, 0.717) is 5.56 Å². The van der Waals surface area contributed by atoms with Crippen molar-refractivity contribution in [3.05, 3.63) is 35.4 Å². The van der Waals surface area contributed by atoms with Crippen molar-refractivity contribution in [1.82, 2.24) is 0 Å². The van der Waals surface area contributed by atoms with E-state index in [4.69, 9.17) is 4.74 Å². The van der Waals surface area contributed by atoms with Crippen molar-refractivity contribution in [3.63, 3.8) is 0 Å². The summed E-state index contributed by atoms with van der Waals surface area (Å²) in [6.07, 6.45) is 8.61. The van der Waals surface area contributed by atoms with E-state index in [-0.39, 0.29) is 5.97 Å². The maximum atomic E-state index is 11.6. The molecule has 0 spiro atoms. The summed E-state index contributed by atoms with van der Waals surface area (Å²) in [4.78, 5) is 11.6. The normalized spacial score (nSPS) is 10.3. The number of benzene rings is 1. The largest absolute Gasteiger partial charge is 0.465 e. The van der Waals surface area contributed by atoms with Gasteiger partial charge < -0.3 is 4.74 Å². The van der Waals surface area contributed by atoms with Crippen LogP contribution in [0.4, 0.5) is 0 Å². The van der Waals surface area contributed by atoms with Crippen LogP contribution in [0.5, 0.6) is 0 Å². The Morgan fingerprint density at radius 3 is 2.44 bits per heavy atom. The first-order valence-corrected chi connectivity index (χ1v) is 6.95. The average Bonchev–Trinajstić information content (AvgIpc) is 2.42. The van der Waals surface area contributed by atoms with E-state index in [9.17, 15) is 4.79 Å². The monoisotopic (exact) mass is 248 g/mol. The first kappa shape index (κ1) is 14.7. The van der Waals surface area contributed by atoms with Gasteiger partial charge in [-0.25, -0.2) is 4.79 Å². The highest BCUT2D eigenvalue weighted by Crippen LogP contribution is 2.14. The Kier molecular flexibility index (Phi) is 7.16. The predicted molar refractivity (Wildman–Crippen MR) is 74.9 cm³/mol. The molecule has 0 heterocycles. The molecule has 0 radical (unpaired) electrons. The quantitative estimate of drug-likeness (QED) is 0.504. The zero-order chi connectivity index (χ0) is 13.2. The lowest BCUT2D eigenvalue weighted by Crippen LogP contribution is -2.05. The van der Waals surface area contributed by atoms with Crippen molar-refractivity contribution in [3.8, 4) is 0 Å². The predicted octanol–water partition coefficient (Wildman–Crippen LogP) is 4.38. The molecule has 0 atom stereocenters. The molecule has 0 aliphatic rings. The fourth-order valence-electron chi connectivity index (χ4n) is 2.14. The summed E-state index contributed by atoms with van der Waals surface area (Å²) in [6, 6.07) is 7.74. The third-order valence-corrected chi connectivity index (χ3v) is 3.22. The van der Waals surface area contributed by atoms with Gasteiger partial charge in [-0.05, 0) is 24.5 Å². The Hall–Kier alpha value is -1.31. The van der Waals surface area contributed by atoms with Crippen molar-refractivity contribution in [2.45, 2.75) is 51.9 Å². The first-order valence-electron chi connectivity index (χ1n) is 6.95. The first-order chi connectivity index (χ1) is 8.79. The number of ether oxygens (including phenoxy) is 1. The summed E-state index contributed by atoms with van der Waals surface area (Å²) < 4.78 is 4.80. The van der Waals surface area contributed by atoms with Crippen LogP contribution in [-0.2, 0) is 11.2 Å². The van der Waals surface area contributed by atoms with Crippen LogP contribution >= 0.6 is 0 Å². The van der Waals surface area contributed by atoms with Crippen molar-refractivity contribution in [2.24, 2.45) is 0 Å². The van der Waals surface area contributed by atoms with Crippen molar-refractivity contribution in [2.75, 3.05) is 7.11 Å². The van der Waals surface area contributed by atoms with Gasteiger partial charge in [0.2, 0.25) is 0 Å². The van der Waals surface area contributed by atoms with Crippen LogP contribution in [0.1, 0.15) is 61.4 Å². The van der Waals surface area contributed by atoms with Gasteiger partial charge in [-0.15, -0.1) is 0 Å². The number of carbonyl (C=O) groups excluding carboxylic acids is 1. The Morgan fingerprint density at radius 1 is 1.06 bits per heavy atom. The minimum absolute atomic E-state index is 0.225.